The van der Waals surface area contributed by atoms with E-state index >= 15 is 0 Å². The molecule has 0 fully saturated rings. The van der Waals surface area contributed by atoms with Gasteiger partial charge in [-0.2, -0.15) is 0 Å². The van der Waals surface area contributed by atoms with Crippen LogP contribution in [0, 0.1) is 10.1 Å². The van der Waals surface area contributed by atoms with E-state index in [0.29, 0.717) is 6.61 Å². The summed E-state index contributed by atoms with van der Waals surface area (Å²) in [5.41, 5.74) is -0.303. The van der Waals surface area contributed by atoms with Crippen LogP contribution in [0.1, 0.15) is 17.3 Å². The second kappa shape index (κ2) is 6.59. The largest absolute Gasteiger partial charge is 0.459 e. The Labute approximate surface area is 98.3 Å². The van der Waals surface area contributed by atoms with Gasteiger partial charge in [0.05, 0.1) is 11.5 Å². The van der Waals surface area contributed by atoms with Crippen molar-refractivity contribution in [3.8, 4) is 0 Å². The van der Waals surface area contributed by atoms with Gasteiger partial charge in [0.15, 0.2) is 0 Å². The minimum Gasteiger partial charge on any atom is -0.459 e. The first-order valence-corrected chi connectivity index (χ1v) is 5.15. The zero-order valence-electron chi connectivity index (χ0n) is 9.42. The topological polar surface area (TPSA) is 78.7 Å². The minimum absolute atomic E-state index is 0.0472. The molecule has 0 heterocycles. The maximum atomic E-state index is 11.6. The number of carbonyl (C=O) groups is 1. The standard InChI is InChI=1S/C11H13NO5/c1-2-16-7-8-17-11(13)9-5-3-4-6-10(9)12(14)15/h3-6H,2,7-8H2,1H3. The quantitative estimate of drug-likeness (QED) is 0.327. The highest BCUT2D eigenvalue weighted by Gasteiger charge is 2.20. The monoisotopic (exact) mass is 239 g/mol. The van der Waals surface area contributed by atoms with Crippen molar-refractivity contribution >= 4 is 11.7 Å². The lowest BCUT2D eigenvalue weighted by Gasteiger charge is -2.05. The maximum absolute atomic E-state index is 11.6. The third-order valence-electron chi connectivity index (χ3n) is 1.99. The Hall–Kier alpha value is -1.95. The van der Waals surface area contributed by atoms with Crippen molar-refractivity contribution in [1.29, 1.82) is 0 Å². The number of rotatable bonds is 6. The van der Waals surface area contributed by atoms with E-state index in [1.807, 2.05) is 6.92 Å². The number of carbonyl (C=O) groups excluding carboxylic acids is 1. The summed E-state index contributed by atoms with van der Waals surface area (Å²) in [5.74, 6) is -0.711. The highest BCUT2D eigenvalue weighted by molar-refractivity contribution is 5.93. The molecule has 0 N–H and O–H groups in total. The second-order valence-corrected chi connectivity index (χ2v) is 3.11. The average Bonchev–Trinajstić information content (AvgIpc) is 2.34. The van der Waals surface area contributed by atoms with Crippen LogP contribution >= 0.6 is 0 Å². The van der Waals surface area contributed by atoms with Gasteiger partial charge in [0.25, 0.3) is 5.69 Å². The summed E-state index contributed by atoms with van der Waals surface area (Å²) in [6.45, 7) is 2.72. The fraction of sp³-hybridized carbons (Fsp3) is 0.364. The summed E-state index contributed by atoms with van der Waals surface area (Å²) in [5, 5.41) is 10.7. The summed E-state index contributed by atoms with van der Waals surface area (Å²) in [6.07, 6.45) is 0. The Bertz CT molecular complexity index is 405. The molecule has 0 aliphatic carbocycles. The van der Waals surface area contributed by atoms with E-state index in [0.717, 1.165) is 0 Å². The number of hydrogen-bond acceptors (Lipinski definition) is 5. The lowest BCUT2D eigenvalue weighted by Crippen LogP contribution is -2.12. The van der Waals surface area contributed by atoms with Crippen LogP contribution in [0.2, 0.25) is 0 Å². The van der Waals surface area contributed by atoms with Crippen LogP contribution in [0.3, 0.4) is 0 Å². The number of ether oxygens (including phenoxy) is 2. The number of nitrogens with zero attached hydrogens (tertiary/aromatic N) is 1. The van der Waals surface area contributed by atoms with E-state index < -0.39 is 10.9 Å². The van der Waals surface area contributed by atoms with Gasteiger partial charge in [0.2, 0.25) is 0 Å². The van der Waals surface area contributed by atoms with Gasteiger partial charge in [-0.25, -0.2) is 4.79 Å². The summed E-state index contributed by atoms with van der Waals surface area (Å²) < 4.78 is 9.84. The molecule has 6 heteroatoms. The smallest absolute Gasteiger partial charge is 0.345 e. The van der Waals surface area contributed by atoms with Crippen LogP contribution in [0.4, 0.5) is 5.69 Å². The molecule has 0 spiro atoms. The van der Waals surface area contributed by atoms with Crippen LogP contribution in [0.15, 0.2) is 24.3 Å². The molecule has 6 nitrogen and oxygen atoms in total. The number of nitro groups is 1. The Morgan fingerprint density at radius 1 is 1.35 bits per heavy atom. The molecule has 1 aromatic rings. The van der Waals surface area contributed by atoms with E-state index in [2.05, 4.69) is 0 Å². The summed E-state index contributed by atoms with van der Waals surface area (Å²) in [6, 6.07) is 5.67. The molecule has 0 amide bonds. The number of hydrogen-bond donors (Lipinski definition) is 0. The van der Waals surface area contributed by atoms with Gasteiger partial charge in [-0.05, 0) is 13.0 Å². The van der Waals surface area contributed by atoms with E-state index in [9.17, 15) is 14.9 Å². The molecule has 0 aliphatic rings. The number of esters is 1. The molecular formula is C11H13NO5. The zero-order valence-corrected chi connectivity index (χ0v) is 9.42. The van der Waals surface area contributed by atoms with E-state index in [1.54, 1.807) is 6.07 Å². The van der Waals surface area contributed by atoms with Gasteiger partial charge in [0, 0.05) is 12.7 Å². The first-order chi connectivity index (χ1) is 8.16. The molecule has 0 saturated heterocycles. The van der Waals surface area contributed by atoms with Crippen molar-refractivity contribution in [3.63, 3.8) is 0 Å². The first kappa shape index (κ1) is 13.1. The Balaban J connectivity index is 2.65. The molecule has 92 valence electrons. The SMILES string of the molecule is CCOCCOC(=O)c1ccccc1[N+](=O)[O-]. The van der Waals surface area contributed by atoms with Crippen LogP contribution in [-0.2, 0) is 9.47 Å². The predicted octanol–water partition coefficient (Wildman–Crippen LogP) is 1.79. The van der Waals surface area contributed by atoms with Crippen molar-refractivity contribution in [3.05, 3.63) is 39.9 Å². The van der Waals surface area contributed by atoms with E-state index in [4.69, 9.17) is 9.47 Å². The van der Waals surface area contributed by atoms with Gasteiger partial charge in [-0.3, -0.25) is 10.1 Å². The van der Waals surface area contributed by atoms with Gasteiger partial charge in [0.1, 0.15) is 12.2 Å². The molecule has 0 aliphatic heterocycles. The molecule has 0 saturated carbocycles. The fourth-order valence-electron chi connectivity index (χ4n) is 1.22. The summed E-state index contributed by atoms with van der Waals surface area (Å²) in [7, 11) is 0. The zero-order chi connectivity index (χ0) is 12.7. The molecule has 1 aromatic carbocycles. The number of nitro benzene ring substituents is 1. The Morgan fingerprint density at radius 2 is 2.06 bits per heavy atom. The molecule has 0 bridgehead atoms. The second-order valence-electron chi connectivity index (χ2n) is 3.11. The summed E-state index contributed by atoms with van der Waals surface area (Å²) >= 11 is 0. The predicted molar refractivity (Wildman–Crippen MR) is 59.9 cm³/mol. The van der Waals surface area contributed by atoms with Crippen molar-refractivity contribution in [2.24, 2.45) is 0 Å². The molecule has 0 radical (unpaired) electrons. The molecule has 0 aromatic heterocycles. The molecule has 0 atom stereocenters. The maximum Gasteiger partial charge on any atom is 0.345 e. The van der Waals surface area contributed by atoms with Crippen LogP contribution in [0.25, 0.3) is 0 Å². The lowest BCUT2D eigenvalue weighted by molar-refractivity contribution is -0.385. The van der Waals surface area contributed by atoms with Gasteiger partial charge >= 0.3 is 5.97 Å². The van der Waals surface area contributed by atoms with Gasteiger partial charge in [-0.15, -0.1) is 0 Å². The van der Waals surface area contributed by atoms with Gasteiger partial charge in [-0.1, -0.05) is 12.1 Å². The van der Waals surface area contributed by atoms with Crippen molar-refractivity contribution < 1.29 is 19.2 Å². The highest BCUT2D eigenvalue weighted by Crippen LogP contribution is 2.18. The third-order valence-corrected chi connectivity index (χ3v) is 1.99. The molecule has 1 rings (SSSR count). The molecular weight excluding hydrogens is 226 g/mol. The molecule has 17 heavy (non-hydrogen) atoms. The van der Waals surface area contributed by atoms with E-state index in [1.165, 1.54) is 18.2 Å². The lowest BCUT2D eigenvalue weighted by atomic mass is 10.2. The normalized spacial score (nSPS) is 9.94. The van der Waals surface area contributed by atoms with Crippen molar-refractivity contribution in [2.45, 2.75) is 6.92 Å². The first-order valence-electron chi connectivity index (χ1n) is 5.15. The number of para-hydroxylation sites is 1. The van der Waals surface area contributed by atoms with Crippen LogP contribution in [0.5, 0.6) is 0 Å². The Kier molecular flexibility index (Phi) is 5.09. The molecule has 0 unspecified atom stereocenters. The fourth-order valence-corrected chi connectivity index (χ4v) is 1.22. The van der Waals surface area contributed by atoms with Crippen LogP contribution in [-0.4, -0.2) is 30.7 Å². The van der Waals surface area contributed by atoms with Crippen LogP contribution < -0.4 is 0 Å². The van der Waals surface area contributed by atoms with Crippen molar-refractivity contribution in [2.75, 3.05) is 19.8 Å². The Morgan fingerprint density at radius 3 is 2.71 bits per heavy atom. The average molecular weight is 239 g/mol. The third kappa shape index (κ3) is 3.84. The highest BCUT2D eigenvalue weighted by atomic mass is 16.6. The van der Waals surface area contributed by atoms with Crippen molar-refractivity contribution in [1.82, 2.24) is 0 Å². The minimum atomic E-state index is -0.711. The number of benzene rings is 1. The summed E-state index contributed by atoms with van der Waals surface area (Å²) in [4.78, 5) is 21.6. The van der Waals surface area contributed by atoms with Gasteiger partial charge < -0.3 is 9.47 Å². The van der Waals surface area contributed by atoms with E-state index in [-0.39, 0.29) is 24.5 Å².